The first-order chi connectivity index (χ1) is 6.53. The van der Waals surface area contributed by atoms with E-state index in [0.717, 1.165) is 24.0 Å². The van der Waals surface area contributed by atoms with Crippen LogP contribution in [0.2, 0.25) is 0 Å². The Kier molecular flexibility index (Phi) is 2.14. The van der Waals surface area contributed by atoms with Gasteiger partial charge >= 0.3 is 7.12 Å². The van der Waals surface area contributed by atoms with Gasteiger partial charge < -0.3 is 15.8 Å². The van der Waals surface area contributed by atoms with Crippen LogP contribution in [0.1, 0.15) is 24.0 Å². The smallest absolute Gasteiger partial charge is 0.423 e. The minimum atomic E-state index is -1.39. The Balaban J connectivity index is 2.36. The van der Waals surface area contributed by atoms with Gasteiger partial charge in [-0.3, -0.25) is 0 Å². The second-order valence-electron chi connectivity index (χ2n) is 4.10. The SMILES string of the molecule is Cc1cc(C2(N)CC2)ccc1B(O)O. The van der Waals surface area contributed by atoms with Crippen molar-refractivity contribution >= 4 is 12.6 Å². The van der Waals surface area contributed by atoms with Crippen molar-refractivity contribution in [3.05, 3.63) is 29.3 Å². The van der Waals surface area contributed by atoms with E-state index in [0.29, 0.717) is 5.46 Å². The first-order valence-electron chi connectivity index (χ1n) is 4.79. The van der Waals surface area contributed by atoms with Gasteiger partial charge in [-0.05, 0) is 30.8 Å². The highest BCUT2D eigenvalue weighted by Crippen LogP contribution is 2.42. The molecule has 1 aliphatic carbocycles. The third-order valence-corrected chi connectivity index (χ3v) is 2.91. The third-order valence-electron chi connectivity index (χ3n) is 2.91. The van der Waals surface area contributed by atoms with Gasteiger partial charge in [-0.15, -0.1) is 0 Å². The largest absolute Gasteiger partial charge is 0.488 e. The molecular formula is C10H14BNO2. The summed E-state index contributed by atoms with van der Waals surface area (Å²) >= 11 is 0. The van der Waals surface area contributed by atoms with Gasteiger partial charge in [0.05, 0.1) is 0 Å². The van der Waals surface area contributed by atoms with Crippen molar-refractivity contribution in [1.82, 2.24) is 0 Å². The lowest BCUT2D eigenvalue weighted by atomic mass is 9.76. The highest BCUT2D eigenvalue weighted by atomic mass is 16.4. The van der Waals surface area contributed by atoms with Gasteiger partial charge in [0.2, 0.25) is 0 Å². The summed E-state index contributed by atoms with van der Waals surface area (Å²) < 4.78 is 0. The summed E-state index contributed by atoms with van der Waals surface area (Å²) in [6.45, 7) is 1.87. The zero-order chi connectivity index (χ0) is 10.3. The average Bonchev–Trinajstić information content (AvgIpc) is 2.84. The summed E-state index contributed by atoms with van der Waals surface area (Å²) in [5.74, 6) is 0. The Labute approximate surface area is 83.7 Å². The maximum atomic E-state index is 9.04. The van der Waals surface area contributed by atoms with Crippen molar-refractivity contribution in [2.75, 3.05) is 0 Å². The van der Waals surface area contributed by atoms with Gasteiger partial charge in [0.1, 0.15) is 0 Å². The molecule has 0 heterocycles. The van der Waals surface area contributed by atoms with Crippen LogP contribution < -0.4 is 11.2 Å². The molecule has 0 aromatic heterocycles. The van der Waals surface area contributed by atoms with Crippen LogP contribution in [0.3, 0.4) is 0 Å². The fraction of sp³-hybridized carbons (Fsp3) is 0.400. The first kappa shape index (κ1) is 9.71. The molecule has 0 spiro atoms. The van der Waals surface area contributed by atoms with Crippen molar-refractivity contribution in [2.45, 2.75) is 25.3 Å². The van der Waals surface area contributed by atoms with Crippen LogP contribution in [0, 0.1) is 6.92 Å². The van der Waals surface area contributed by atoms with E-state index in [1.54, 1.807) is 6.07 Å². The molecule has 1 aromatic carbocycles. The molecule has 4 N–H and O–H groups in total. The summed E-state index contributed by atoms with van der Waals surface area (Å²) in [4.78, 5) is 0. The molecular weight excluding hydrogens is 177 g/mol. The van der Waals surface area contributed by atoms with Gasteiger partial charge in [-0.2, -0.15) is 0 Å². The molecule has 0 atom stereocenters. The minimum Gasteiger partial charge on any atom is -0.423 e. The Morgan fingerprint density at radius 1 is 1.36 bits per heavy atom. The summed E-state index contributed by atoms with van der Waals surface area (Å²) in [5, 5.41) is 18.1. The molecule has 0 amide bonds. The van der Waals surface area contributed by atoms with Crippen LogP contribution in [0.5, 0.6) is 0 Å². The van der Waals surface area contributed by atoms with Gasteiger partial charge in [0.25, 0.3) is 0 Å². The zero-order valence-electron chi connectivity index (χ0n) is 8.20. The Morgan fingerprint density at radius 3 is 2.43 bits per heavy atom. The lowest BCUT2D eigenvalue weighted by Crippen LogP contribution is -2.32. The molecule has 0 unspecified atom stereocenters. The molecule has 0 radical (unpaired) electrons. The normalized spacial score (nSPS) is 18.0. The molecule has 1 saturated carbocycles. The summed E-state index contributed by atoms with van der Waals surface area (Å²) in [5.41, 5.74) is 8.42. The number of rotatable bonds is 2. The lowest BCUT2D eigenvalue weighted by molar-refractivity contribution is 0.425. The van der Waals surface area contributed by atoms with E-state index < -0.39 is 7.12 Å². The molecule has 74 valence electrons. The van der Waals surface area contributed by atoms with Crippen LogP contribution in [0.25, 0.3) is 0 Å². The van der Waals surface area contributed by atoms with E-state index in [1.807, 2.05) is 19.1 Å². The summed E-state index contributed by atoms with van der Waals surface area (Å²) in [6.07, 6.45) is 2.04. The van der Waals surface area contributed by atoms with E-state index in [2.05, 4.69) is 0 Å². The van der Waals surface area contributed by atoms with Crippen LogP contribution in [-0.2, 0) is 5.54 Å². The molecule has 3 nitrogen and oxygen atoms in total. The highest BCUT2D eigenvalue weighted by Gasteiger charge is 2.40. The van der Waals surface area contributed by atoms with Crippen molar-refractivity contribution < 1.29 is 10.0 Å². The highest BCUT2D eigenvalue weighted by molar-refractivity contribution is 6.59. The molecule has 0 saturated heterocycles. The number of benzene rings is 1. The molecule has 14 heavy (non-hydrogen) atoms. The molecule has 1 aliphatic rings. The lowest BCUT2D eigenvalue weighted by Gasteiger charge is -2.12. The van der Waals surface area contributed by atoms with E-state index in [-0.39, 0.29) is 5.54 Å². The summed E-state index contributed by atoms with van der Waals surface area (Å²) in [6, 6.07) is 5.57. The maximum Gasteiger partial charge on any atom is 0.488 e. The summed E-state index contributed by atoms with van der Waals surface area (Å²) in [7, 11) is -1.39. The average molecular weight is 191 g/mol. The Morgan fingerprint density at radius 2 is 2.00 bits per heavy atom. The fourth-order valence-corrected chi connectivity index (χ4v) is 1.70. The predicted octanol–water partition coefficient (Wildman–Crippen LogP) is -0.377. The standard InChI is InChI=1S/C10H14BNO2/c1-7-6-8(10(12)4-5-10)2-3-9(7)11(13)14/h2-3,6,13-14H,4-5,12H2,1H3. The number of nitrogens with two attached hydrogens (primary N) is 1. The number of aryl methyl sites for hydroxylation is 1. The predicted molar refractivity (Wildman–Crippen MR) is 56.1 cm³/mol. The van der Waals surface area contributed by atoms with Crippen LogP contribution in [0.4, 0.5) is 0 Å². The van der Waals surface area contributed by atoms with E-state index in [4.69, 9.17) is 15.8 Å². The number of hydrogen-bond acceptors (Lipinski definition) is 3. The van der Waals surface area contributed by atoms with Crippen LogP contribution in [-0.4, -0.2) is 17.2 Å². The molecule has 0 aliphatic heterocycles. The first-order valence-corrected chi connectivity index (χ1v) is 4.79. The van der Waals surface area contributed by atoms with Gasteiger partial charge in [-0.25, -0.2) is 0 Å². The van der Waals surface area contributed by atoms with E-state index in [9.17, 15) is 0 Å². The van der Waals surface area contributed by atoms with Gasteiger partial charge in [-0.1, -0.05) is 23.8 Å². The minimum absolute atomic E-state index is 0.149. The van der Waals surface area contributed by atoms with Crippen LogP contribution in [0.15, 0.2) is 18.2 Å². The quantitative estimate of drug-likeness (QED) is 0.558. The molecule has 4 heteroatoms. The topological polar surface area (TPSA) is 66.5 Å². The van der Waals surface area contributed by atoms with Crippen molar-refractivity contribution in [2.24, 2.45) is 5.73 Å². The van der Waals surface area contributed by atoms with Crippen molar-refractivity contribution in [3.63, 3.8) is 0 Å². The van der Waals surface area contributed by atoms with Gasteiger partial charge in [0, 0.05) is 5.54 Å². The second-order valence-corrected chi connectivity index (χ2v) is 4.10. The van der Waals surface area contributed by atoms with Crippen molar-refractivity contribution in [1.29, 1.82) is 0 Å². The molecule has 2 rings (SSSR count). The Hall–Kier alpha value is -0.835. The molecule has 1 aromatic rings. The molecule has 1 fully saturated rings. The zero-order valence-corrected chi connectivity index (χ0v) is 8.20. The number of hydrogen-bond donors (Lipinski definition) is 3. The van der Waals surface area contributed by atoms with E-state index >= 15 is 0 Å². The second kappa shape index (κ2) is 3.09. The van der Waals surface area contributed by atoms with Gasteiger partial charge in [0.15, 0.2) is 0 Å². The maximum absolute atomic E-state index is 9.04. The van der Waals surface area contributed by atoms with Crippen molar-refractivity contribution in [3.8, 4) is 0 Å². The van der Waals surface area contributed by atoms with Crippen LogP contribution >= 0.6 is 0 Å². The molecule has 0 bridgehead atoms. The Bertz CT molecular complexity index is 361. The third kappa shape index (κ3) is 1.56. The fourth-order valence-electron chi connectivity index (χ4n) is 1.70. The van der Waals surface area contributed by atoms with E-state index in [1.165, 1.54) is 0 Å². The monoisotopic (exact) mass is 191 g/mol.